The number of fused-ring (bicyclic) bond motifs is 2. The molecule has 0 spiro atoms. The predicted molar refractivity (Wildman–Crippen MR) is 90.5 cm³/mol. The molecule has 0 saturated heterocycles. The molecular formula is C18H16N2O5. The van der Waals surface area contributed by atoms with Crippen LogP contribution in [-0.4, -0.2) is 31.8 Å². The lowest BCUT2D eigenvalue weighted by atomic mass is 10.1. The van der Waals surface area contributed by atoms with Gasteiger partial charge in [0.2, 0.25) is 6.79 Å². The summed E-state index contributed by atoms with van der Waals surface area (Å²) in [6.07, 6.45) is 0. The highest BCUT2D eigenvalue weighted by Gasteiger charge is 2.24. The van der Waals surface area contributed by atoms with Crippen LogP contribution in [0.5, 0.6) is 17.2 Å². The Morgan fingerprint density at radius 2 is 1.92 bits per heavy atom. The van der Waals surface area contributed by atoms with Crippen LogP contribution in [0.1, 0.15) is 17.3 Å². The van der Waals surface area contributed by atoms with Gasteiger partial charge in [0.1, 0.15) is 5.75 Å². The Balaban J connectivity index is 1.55. The summed E-state index contributed by atoms with van der Waals surface area (Å²) in [6, 6.07) is 10.3. The molecule has 0 radical (unpaired) electrons. The number of carbonyl (C=O) groups is 2. The van der Waals surface area contributed by atoms with Gasteiger partial charge in [-0.25, -0.2) is 0 Å². The summed E-state index contributed by atoms with van der Waals surface area (Å²) in [5, 5.41) is 2.82. The number of amides is 2. The second-order valence-corrected chi connectivity index (χ2v) is 5.63. The molecule has 0 atom stereocenters. The van der Waals surface area contributed by atoms with Crippen molar-refractivity contribution in [2.75, 3.05) is 30.2 Å². The molecule has 0 aliphatic carbocycles. The van der Waals surface area contributed by atoms with E-state index in [1.54, 1.807) is 41.3 Å². The number of carbonyl (C=O) groups excluding carboxylic acids is 2. The summed E-state index contributed by atoms with van der Waals surface area (Å²) in [5.74, 6) is 1.41. The van der Waals surface area contributed by atoms with E-state index in [1.165, 1.54) is 0 Å². The first-order valence-electron chi connectivity index (χ1n) is 7.94. The van der Waals surface area contributed by atoms with E-state index in [0.29, 0.717) is 40.7 Å². The third-order valence-electron chi connectivity index (χ3n) is 4.11. The fraction of sp³-hybridized carbons (Fsp3) is 0.222. The minimum Gasteiger partial charge on any atom is -0.481 e. The normalized spacial score (nSPS) is 14.8. The number of benzene rings is 2. The maximum absolute atomic E-state index is 12.4. The second kappa shape index (κ2) is 6.01. The van der Waals surface area contributed by atoms with Crippen LogP contribution in [0, 0.1) is 0 Å². The van der Waals surface area contributed by atoms with Crippen molar-refractivity contribution in [2.45, 2.75) is 6.92 Å². The fourth-order valence-electron chi connectivity index (χ4n) is 2.87. The lowest BCUT2D eigenvalue weighted by molar-refractivity contribution is -0.121. The van der Waals surface area contributed by atoms with E-state index in [9.17, 15) is 9.59 Å². The quantitative estimate of drug-likeness (QED) is 0.928. The Morgan fingerprint density at radius 3 is 2.76 bits per heavy atom. The van der Waals surface area contributed by atoms with Crippen molar-refractivity contribution in [3.8, 4) is 17.2 Å². The molecule has 4 rings (SSSR count). The molecule has 2 amide bonds. The topological polar surface area (TPSA) is 77.1 Å². The van der Waals surface area contributed by atoms with Gasteiger partial charge in [-0.15, -0.1) is 0 Å². The van der Waals surface area contributed by atoms with Crippen molar-refractivity contribution in [3.63, 3.8) is 0 Å². The van der Waals surface area contributed by atoms with Crippen molar-refractivity contribution in [1.29, 1.82) is 0 Å². The van der Waals surface area contributed by atoms with Gasteiger partial charge in [-0.3, -0.25) is 9.59 Å². The Kier molecular flexibility index (Phi) is 3.68. The summed E-state index contributed by atoms with van der Waals surface area (Å²) >= 11 is 0. The largest absolute Gasteiger partial charge is 0.481 e. The minimum absolute atomic E-state index is 0.000398. The van der Waals surface area contributed by atoms with Crippen molar-refractivity contribution < 1.29 is 23.8 Å². The van der Waals surface area contributed by atoms with E-state index in [0.717, 1.165) is 0 Å². The Morgan fingerprint density at radius 1 is 1.08 bits per heavy atom. The number of nitrogens with one attached hydrogen (secondary N) is 1. The Labute approximate surface area is 144 Å². The van der Waals surface area contributed by atoms with Gasteiger partial charge < -0.3 is 24.4 Å². The third kappa shape index (κ3) is 2.73. The summed E-state index contributed by atoms with van der Waals surface area (Å²) in [5.41, 5.74) is 1.76. The van der Waals surface area contributed by atoms with E-state index >= 15 is 0 Å². The van der Waals surface area contributed by atoms with E-state index in [1.807, 2.05) is 6.92 Å². The van der Waals surface area contributed by atoms with Crippen LogP contribution in [0.3, 0.4) is 0 Å². The molecule has 25 heavy (non-hydrogen) atoms. The summed E-state index contributed by atoms with van der Waals surface area (Å²) in [4.78, 5) is 25.9. The molecule has 128 valence electrons. The number of rotatable bonds is 3. The molecule has 1 N–H and O–H groups in total. The molecule has 2 aliphatic rings. The van der Waals surface area contributed by atoms with Crippen LogP contribution in [0.2, 0.25) is 0 Å². The SMILES string of the molecule is CCN1C(=O)COc2cc(NC(=O)c3ccc4c(c3)OCO4)ccc21. The average Bonchev–Trinajstić information content (AvgIpc) is 3.09. The zero-order valence-electron chi connectivity index (χ0n) is 13.6. The molecule has 0 aromatic heterocycles. The van der Waals surface area contributed by atoms with Gasteiger partial charge >= 0.3 is 0 Å². The van der Waals surface area contributed by atoms with E-state index in [2.05, 4.69) is 5.32 Å². The maximum Gasteiger partial charge on any atom is 0.265 e. The van der Waals surface area contributed by atoms with Crippen molar-refractivity contribution in [2.24, 2.45) is 0 Å². The second-order valence-electron chi connectivity index (χ2n) is 5.63. The molecule has 2 heterocycles. The summed E-state index contributed by atoms with van der Waals surface area (Å²) in [6.45, 7) is 2.63. The first kappa shape index (κ1) is 15.3. The van der Waals surface area contributed by atoms with Gasteiger partial charge in [0.15, 0.2) is 18.1 Å². The van der Waals surface area contributed by atoms with Crippen LogP contribution in [-0.2, 0) is 4.79 Å². The molecule has 0 fully saturated rings. The highest BCUT2D eigenvalue weighted by molar-refractivity contribution is 6.05. The zero-order valence-corrected chi connectivity index (χ0v) is 13.6. The number of anilines is 2. The molecule has 2 aromatic rings. The number of hydrogen-bond acceptors (Lipinski definition) is 5. The molecule has 0 unspecified atom stereocenters. The van der Waals surface area contributed by atoms with Crippen LogP contribution >= 0.6 is 0 Å². The smallest absolute Gasteiger partial charge is 0.265 e. The van der Waals surface area contributed by atoms with Crippen LogP contribution in [0.15, 0.2) is 36.4 Å². The third-order valence-corrected chi connectivity index (χ3v) is 4.11. The first-order chi connectivity index (χ1) is 12.2. The standard InChI is InChI=1S/C18H16N2O5/c1-2-20-13-5-4-12(8-15(13)23-9-17(20)21)19-18(22)11-3-6-14-16(7-11)25-10-24-14/h3-8H,2,9-10H2,1H3,(H,19,22). The van der Waals surface area contributed by atoms with Gasteiger partial charge in [0.25, 0.3) is 11.8 Å². The van der Waals surface area contributed by atoms with Gasteiger partial charge in [-0.2, -0.15) is 0 Å². The molecule has 2 aromatic carbocycles. The first-order valence-corrected chi connectivity index (χ1v) is 7.94. The van der Waals surface area contributed by atoms with Gasteiger partial charge in [-0.05, 0) is 37.3 Å². The number of nitrogens with zero attached hydrogens (tertiary/aromatic N) is 1. The fourth-order valence-corrected chi connectivity index (χ4v) is 2.87. The van der Waals surface area contributed by atoms with Crippen LogP contribution in [0.25, 0.3) is 0 Å². The number of likely N-dealkylation sites (N-methyl/N-ethyl adjacent to an activating group) is 1. The summed E-state index contributed by atoms with van der Waals surface area (Å²) < 4.78 is 16.0. The maximum atomic E-state index is 12.4. The predicted octanol–water partition coefficient (Wildman–Crippen LogP) is 2.41. The van der Waals surface area contributed by atoms with Gasteiger partial charge in [0, 0.05) is 23.9 Å². The van der Waals surface area contributed by atoms with Crippen LogP contribution in [0.4, 0.5) is 11.4 Å². The molecule has 7 nitrogen and oxygen atoms in total. The summed E-state index contributed by atoms with van der Waals surface area (Å²) in [7, 11) is 0. The molecule has 0 saturated carbocycles. The number of ether oxygens (including phenoxy) is 3. The molecule has 0 bridgehead atoms. The Bertz CT molecular complexity index is 865. The van der Waals surface area contributed by atoms with Crippen molar-refractivity contribution >= 4 is 23.2 Å². The highest BCUT2D eigenvalue weighted by Crippen LogP contribution is 2.35. The van der Waals surface area contributed by atoms with E-state index in [-0.39, 0.29) is 25.2 Å². The zero-order chi connectivity index (χ0) is 17.4. The molecular weight excluding hydrogens is 324 g/mol. The van der Waals surface area contributed by atoms with E-state index < -0.39 is 0 Å². The van der Waals surface area contributed by atoms with E-state index in [4.69, 9.17) is 14.2 Å². The van der Waals surface area contributed by atoms with Crippen molar-refractivity contribution in [1.82, 2.24) is 0 Å². The molecule has 2 aliphatic heterocycles. The van der Waals surface area contributed by atoms with Crippen molar-refractivity contribution in [3.05, 3.63) is 42.0 Å². The van der Waals surface area contributed by atoms with Crippen LogP contribution < -0.4 is 24.4 Å². The lowest BCUT2D eigenvalue weighted by Gasteiger charge is -2.28. The minimum atomic E-state index is -0.266. The lowest BCUT2D eigenvalue weighted by Crippen LogP contribution is -2.38. The average molecular weight is 340 g/mol. The Hall–Kier alpha value is -3.22. The van der Waals surface area contributed by atoms with Gasteiger partial charge in [-0.1, -0.05) is 0 Å². The highest BCUT2D eigenvalue weighted by atomic mass is 16.7. The van der Waals surface area contributed by atoms with Gasteiger partial charge in [0.05, 0.1) is 5.69 Å². The number of hydrogen-bond donors (Lipinski definition) is 1. The monoisotopic (exact) mass is 340 g/mol. The molecule has 7 heteroatoms.